The second-order valence-corrected chi connectivity index (χ2v) is 5.72. The van der Waals surface area contributed by atoms with Crippen LogP contribution in [0.2, 0.25) is 0 Å². The van der Waals surface area contributed by atoms with Gasteiger partial charge in [0.05, 0.1) is 0 Å². The van der Waals surface area contributed by atoms with Crippen molar-refractivity contribution in [2.75, 3.05) is 0 Å². The predicted molar refractivity (Wildman–Crippen MR) is 73.1 cm³/mol. The average molecular weight is 283 g/mol. The Morgan fingerprint density at radius 1 is 1.44 bits per heavy atom. The third-order valence-electron chi connectivity index (χ3n) is 2.46. The van der Waals surface area contributed by atoms with Crippen molar-refractivity contribution >= 4 is 23.3 Å². The standard InChI is InChI=1S/C12H14FN3S2/c1-2-11-15-12(18-16-11)17-7-9-5-8(6-14)3-4-10(9)13/h3-5H,2,6-7,14H2,1H3. The lowest BCUT2D eigenvalue weighted by molar-refractivity contribution is 0.616. The molecule has 0 aliphatic rings. The molecule has 0 aliphatic carbocycles. The van der Waals surface area contributed by atoms with Crippen LogP contribution in [0.15, 0.2) is 22.5 Å². The summed E-state index contributed by atoms with van der Waals surface area (Å²) in [4.78, 5) is 4.34. The monoisotopic (exact) mass is 283 g/mol. The van der Waals surface area contributed by atoms with Crippen molar-refractivity contribution in [2.45, 2.75) is 30.0 Å². The molecular formula is C12H14FN3S2. The molecule has 0 atom stereocenters. The lowest BCUT2D eigenvalue weighted by Crippen LogP contribution is -1.98. The van der Waals surface area contributed by atoms with E-state index < -0.39 is 0 Å². The van der Waals surface area contributed by atoms with E-state index in [9.17, 15) is 4.39 Å². The number of aromatic nitrogens is 2. The smallest absolute Gasteiger partial charge is 0.170 e. The van der Waals surface area contributed by atoms with Gasteiger partial charge in [-0.15, -0.1) is 0 Å². The maximum Gasteiger partial charge on any atom is 0.170 e. The molecular weight excluding hydrogens is 269 g/mol. The molecule has 0 spiro atoms. The van der Waals surface area contributed by atoms with Crippen molar-refractivity contribution in [3.05, 3.63) is 41.0 Å². The molecule has 3 nitrogen and oxygen atoms in total. The third-order valence-corrected chi connectivity index (χ3v) is 4.38. The minimum absolute atomic E-state index is 0.195. The number of thioether (sulfide) groups is 1. The molecule has 1 aromatic carbocycles. The molecule has 96 valence electrons. The highest BCUT2D eigenvalue weighted by Gasteiger charge is 2.07. The van der Waals surface area contributed by atoms with Crippen molar-refractivity contribution in [1.29, 1.82) is 0 Å². The first-order valence-corrected chi connectivity index (χ1v) is 7.41. The van der Waals surface area contributed by atoms with E-state index in [0.29, 0.717) is 17.9 Å². The average Bonchev–Trinajstić information content (AvgIpc) is 2.86. The summed E-state index contributed by atoms with van der Waals surface area (Å²) in [6, 6.07) is 4.99. The van der Waals surface area contributed by atoms with Crippen molar-refractivity contribution < 1.29 is 4.39 Å². The van der Waals surface area contributed by atoms with Gasteiger partial charge in [-0.05, 0) is 28.7 Å². The summed E-state index contributed by atoms with van der Waals surface area (Å²) in [5.74, 6) is 1.21. The summed E-state index contributed by atoms with van der Waals surface area (Å²) >= 11 is 2.87. The molecule has 1 aromatic heterocycles. The van der Waals surface area contributed by atoms with Crippen LogP contribution in [0.3, 0.4) is 0 Å². The summed E-state index contributed by atoms with van der Waals surface area (Å²) in [6.07, 6.45) is 0.827. The Morgan fingerprint density at radius 2 is 2.28 bits per heavy atom. The highest BCUT2D eigenvalue weighted by molar-refractivity contribution is 8.00. The topological polar surface area (TPSA) is 51.8 Å². The summed E-state index contributed by atoms with van der Waals surface area (Å²) in [5.41, 5.74) is 7.15. The van der Waals surface area contributed by atoms with Gasteiger partial charge in [-0.1, -0.05) is 30.8 Å². The van der Waals surface area contributed by atoms with E-state index >= 15 is 0 Å². The zero-order valence-corrected chi connectivity index (χ0v) is 11.7. The summed E-state index contributed by atoms with van der Waals surface area (Å²) in [6.45, 7) is 2.44. The van der Waals surface area contributed by atoms with Gasteiger partial charge in [0.25, 0.3) is 0 Å². The van der Waals surface area contributed by atoms with Crippen LogP contribution in [0, 0.1) is 5.82 Å². The van der Waals surface area contributed by atoms with Gasteiger partial charge in [-0.2, -0.15) is 4.37 Å². The van der Waals surface area contributed by atoms with Gasteiger partial charge in [0.15, 0.2) is 4.34 Å². The Hall–Kier alpha value is -0.980. The summed E-state index contributed by atoms with van der Waals surface area (Å²) in [5, 5.41) is 0. The lowest BCUT2D eigenvalue weighted by atomic mass is 10.1. The van der Waals surface area contributed by atoms with Crippen molar-refractivity contribution in [3.63, 3.8) is 0 Å². The Kier molecular flexibility index (Phi) is 4.68. The van der Waals surface area contributed by atoms with Gasteiger partial charge < -0.3 is 5.73 Å². The van der Waals surface area contributed by atoms with Gasteiger partial charge in [-0.25, -0.2) is 9.37 Å². The molecule has 2 aromatic rings. The maximum atomic E-state index is 13.6. The summed E-state index contributed by atoms with van der Waals surface area (Å²) in [7, 11) is 0. The third kappa shape index (κ3) is 3.28. The van der Waals surface area contributed by atoms with E-state index in [4.69, 9.17) is 5.73 Å². The normalized spacial score (nSPS) is 10.8. The number of aryl methyl sites for hydroxylation is 1. The zero-order chi connectivity index (χ0) is 13.0. The van der Waals surface area contributed by atoms with Gasteiger partial charge in [-0.3, -0.25) is 0 Å². The van der Waals surface area contributed by atoms with E-state index in [1.165, 1.54) is 29.4 Å². The molecule has 0 radical (unpaired) electrons. The molecule has 0 saturated carbocycles. The molecule has 18 heavy (non-hydrogen) atoms. The van der Waals surface area contributed by atoms with Crippen molar-refractivity contribution in [2.24, 2.45) is 5.73 Å². The number of hydrogen-bond donors (Lipinski definition) is 1. The zero-order valence-electron chi connectivity index (χ0n) is 10.0. The second kappa shape index (κ2) is 6.26. The van der Waals surface area contributed by atoms with Crippen LogP contribution < -0.4 is 5.73 Å². The predicted octanol–water partition coefficient (Wildman–Crippen LogP) is 2.99. The fourth-order valence-electron chi connectivity index (χ4n) is 1.45. The summed E-state index contributed by atoms with van der Waals surface area (Å²) < 4.78 is 18.7. The van der Waals surface area contributed by atoms with Gasteiger partial charge >= 0.3 is 0 Å². The second-order valence-electron chi connectivity index (χ2n) is 3.75. The van der Waals surface area contributed by atoms with Gasteiger partial charge in [0.2, 0.25) is 0 Å². The molecule has 2 rings (SSSR count). The van der Waals surface area contributed by atoms with E-state index in [2.05, 4.69) is 9.36 Å². The highest BCUT2D eigenvalue weighted by Crippen LogP contribution is 2.26. The SMILES string of the molecule is CCc1nsc(SCc2cc(CN)ccc2F)n1. The number of hydrogen-bond acceptors (Lipinski definition) is 5. The minimum atomic E-state index is -0.195. The van der Waals surface area contributed by atoms with Crippen LogP contribution in [0.4, 0.5) is 4.39 Å². The van der Waals surface area contributed by atoms with Crippen LogP contribution >= 0.6 is 23.3 Å². The molecule has 1 heterocycles. The molecule has 6 heteroatoms. The Bertz CT molecular complexity index is 528. The molecule has 0 saturated heterocycles. The first kappa shape index (κ1) is 13.5. The number of nitrogens with two attached hydrogens (primary N) is 1. The fourth-order valence-corrected chi connectivity index (χ4v) is 3.11. The van der Waals surface area contributed by atoms with Crippen LogP contribution in [0.1, 0.15) is 23.9 Å². The van der Waals surface area contributed by atoms with Gasteiger partial charge in [0, 0.05) is 18.7 Å². The fraction of sp³-hybridized carbons (Fsp3) is 0.333. The van der Waals surface area contributed by atoms with E-state index in [1.54, 1.807) is 6.07 Å². The van der Waals surface area contributed by atoms with E-state index in [1.807, 2.05) is 13.0 Å². The Labute approximate surface area is 114 Å². The van der Waals surface area contributed by atoms with Crippen LogP contribution in [0.5, 0.6) is 0 Å². The van der Waals surface area contributed by atoms with Crippen molar-refractivity contribution in [3.8, 4) is 0 Å². The molecule has 0 amide bonds. The maximum absolute atomic E-state index is 13.6. The van der Waals surface area contributed by atoms with E-state index in [-0.39, 0.29) is 5.82 Å². The number of benzene rings is 1. The van der Waals surface area contributed by atoms with E-state index in [0.717, 1.165) is 22.1 Å². The molecule has 0 bridgehead atoms. The number of nitrogens with zero attached hydrogens (tertiary/aromatic N) is 2. The number of rotatable bonds is 5. The number of halogens is 1. The minimum Gasteiger partial charge on any atom is -0.326 e. The quantitative estimate of drug-likeness (QED) is 0.857. The molecule has 0 aliphatic heterocycles. The highest BCUT2D eigenvalue weighted by atomic mass is 32.2. The first-order valence-electron chi connectivity index (χ1n) is 5.65. The van der Waals surface area contributed by atoms with Crippen molar-refractivity contribution in [1.82, 2.24) is 9.36 Å². The molecule has 0 fully saturated rings. The molecule has 0 unspecified atom stereocenters. The van der Waals surface area contributed by atoms with Crippen LogP contribution in [0.25, 0.3) is 0 Å². The van der Waals surface area contributed by atoms with Gasteiger partial charge in [0.1, 0.15) is 11.6 Å². The largest absolute Gasteiger partial charge is 0.326 e. The van der Waals surface area contributed by atoms with Crippen LogP contribution in [-0.4, -0.2) is 9.36 Å². The molecule has 2 N–H and O–H groups in total. The lowest BCUT2D eigenvalue weighted by Gasteiger charge is -2.04. The Balaban J connectivity index is 2.05. The van der Waals surface area contributed by atoms with Crippen LogP contribution in [-0.2, 0) is 18.7 Å². The first-order chi connectivity index (χ1) is 8.72. The Morgan fingerprint density at radius 3 is 2.94 bits per heavy atom.